The maximum absolute atomic E-state index is 12.9. The number of carbonyl (C=O) groups excluding carboxylic acids is 3. The van der Waals surface area contributed by atoms with Crippen LogP contribution in [-0.2, 0) is 9.59 Å². The van der Waals surface area contributed by atoms with Gasteiger partial charge in [0.1, 0.15) is 17.1 Å². The van der Waals surface area contributed by atoms with Gasteiger partial charge in [0.15, 0.2) is 0 Å². The Balaban J connectivity index is 1.68. The van der Waals surface area contributed by atoms with Crippen LogP contribution in [-0.4, -0.2) is 29.8 Å². The molecule has 0 saturated carbocycles. The SMILES string of the molecule is COc1ccc(C(=O)Oc2ccc([N+](=O)[O-])cc2/C=C2/C(=O)NN(c3ccccc3)C2=O)cc1. The molecule has 10 nitrogen and oxygen atoms in total. The van der Waals surface area contributed by atoms with E-state index in [1.165, 1.54) is 25.3 Å². The highest BCUT2D eigenvalue weighted by Gasteiger charge is 2.34. The summed E-state index contributed by atoms with van der Waals surface area (Å²) in [5, 5.41) is 12.3. The zero-order chi connectivity index (χ0) is 24.2. The van der Waals surface area contributed by atoms with Crippen LogP contribution in [0, 0.1) is 10.1 Å². The van der Waals surface area contributed by atoms with Crippen molar-refractivity contribution in [3.05, 3.63) is 99.6 Å². The second-order valence-electron chi connectivity index (χ2n) is 7.07. The average molecular weight is 459 g/mol. The molecule has 1 N–H and O–H groups in total. The van der Waals surface area contributed by atoms with Gasteiger partial charge in [-0.1, -0.05) is 18.2 Å². The molecular formula is C24H17N3O7. The summed E-state index contributed by atoms with van der Waals surface area (Å²) in [6.07, 6.45) is 1.16. The average Bonchev–Trinajstić information content (AvgIpc) is 3.13. The molecule has 10 heteroatoms. The summed E-state index contributed by atoms with van der Waals surface area (Å²) in [5.74, 6) is -1.60. The molecule has 1 aliphatic rings. The number of rotatable bonds is 6. The van der Waals surface area contributed by atoms with Crippen LogP contribution in [0.5, 0.6) is 11.5 Å². The van der Waals surface area contributed by atoms with Gasteiger partial charge in [-0.3, -0.25) is 25.1 Å². The molecule has 0 aliphatic carbocycles. The minimum Gasteiger partial charge on any atom is -0.497 e. The van der Waals surface area contributed by atoms with Crippen molar-refractivity contribution in [1.29, 1.82) is 0 Å². The highest BCUT2D eigenvalue weighted by Crippen LogP contribution is 2.29. The fourth-order valence-electron chi connectivity index (χ4n) is 3.21. The fraction of sp³-hybridized carbons (Fsp3) is 0.0417. The molecule has 1 heterocycles. The highest BCUT2D eigenvalue weighted by molar-refractivity contribution is 6.31. The van der Waals surface area contributed by atoms with Crippen molar-refractivity contribution < 1.29 is 28.8 Å². The van der Waals surface area contributed by atoms with Crippen molar-refractivity contribution in [3.63, 3.8) is 0 Å². The quantitative estimate of drug-likeness (QED) is 0.150. The molecule has 0 radical (unpaired) electrons. The van der Waals surface area contributed by atoms with Crippen LogP contribution in [0.4, 0.5) is 11.4 Å². The third-order valence-corrected chi connectivity index (χ3v) is 4.94. The Hall–Kier alpha value is -4.99. The number of nitrogens with zero attached hydrogens (tertiary/aromatic N) is 2. The number of hydrogen-bond donors (Lipinski definition) is 1. The molecule has 170 valence electrons. The number of methoxy groups -OCH3 is 1. The van der Waals surface area contributed by atoms with Crippen LogP contribution in [0.15, 0.2) is 78.4 Å². The Morgan fingerprint density at radius 1 is 1.03 bits per heavy atom. The first-order valence-corrected chi connectivity index (χ1v) is 9.94. The topological polar surface area (TPSA) is 128 Å². The second-order valence-corrected chi connectivity index (χ2v) is 7.07. The number of nitro groups is 1. The summed E-state index contributed by atoms with van der Waals surface area (Å²) in [4.78, 5) is 48.7. The van der Waals surface area contributed by atoms with Gasteiger partial charge >= 0.3 is 5.97 Å². The van der Waals surface area contributed by atoms with E-state index in [0.717, 1.165) is 23.2 Å². The Bertz CT molecular complexity index is 1320. The number of anilines is 1. The fourth-order valence-corrected chi connectivity index (χ4v) is 3.21. The van der Waals surface area contributed by atoms with Gasteiger partial charge in [0, 0.05) is 17.7 Å². The number of hydrazine groups is 1. The van der Waals surface area contributed by atoms with Gasteiger partial charge in [-0.15, -0.1) is 0 Å². The number of nitro benzene ring substituents is 1. The minimum atomic E-state index is -0.732. The van der Waals surface area contributed by atoms with Crippen LogP contribution < -0.4 is 19.9 Å². The number of hydrogen-bond acceptors (Lipinski definition) is 7. The first kappa shape index (κ1) is 22.2. The lowest BCUT2D eigenvalue weighted by atomic mass is 10.1. The van der Waals surface area contributed by atoms with Crippen molar-refractivity contribution in [2.75, 3.05) is 12.1 Å². The molecule has 0 spiro atoms. The monoisotopic (exact) mass is 459 g/mol. The molecule has 4 rings (SSSR count). The number of esters is 1. The van der Waals surface area contributed by atoms with E-state index in [2.05, 4.69) is 5.43 Å². The van der Waals surface area contributed by atoms with E-state index in [-0.39, 0.29) is 28.1 Å². The van der Waals surface area contributed by atoms with E-state index in [4.69, 9.17) is 9.47 Å². The van der Waals surface area contributed by atoms with Gasteiger partial charge in [0.2, 0.25) is 0 Å². The smallest absolute Gasteiger partial charge is 0.343 e. The second kappa shape index (κ2) is 9.25. The summed E-state index contributed by atoms with van der Waals surface area (Å²) in [6, 6.07) is 18.1. The van der Waals surface area contributed by atoms with E-state index < -0.39 is 22.7 Å². The molecule has 1 saturated heterocycles. The standard InChI is InChI=1S/C24H17N3O7/c1-33-19-10-7-15(8-11-19)24(30)34-21-12-9-18(27(31)32)13-16(21)14-20-22(28)25-26(23(20)29)17-5-3-2-4-6-17/h2-14H,1H3,(H,25,28)/b20-14-. The van der Waals surface area contributed by atoms with E-state index in [9.17, 15) is 24.5 Å². The highest BCUT2D eigenvalue weighted by atomic mass is 16.6. The number of benzene rings is 3. The van der Waals surface area contributed by atoms with Crippen molar-refractivity contribution in [2.45, 2.75) is 0 Å². The van der Waals surface area contributed by atoms with Gasteiger partial charge < -0.3 is 9.47 Å². The molecule has 0 atom stereocenters. The molecule has 2 amide bonds. The minimum absolute atomic E-state index is 0.0180. The summed E-state index contributed by atoms with van der Waals surface area (Å²) in [6.45, 7) is 0. The van der Waals surface area contributed by atoms with E-state index >= 15 is 0 Å². The first-order valence-electron chi connectivity index (χ1n) is 9.94. The van der Waals surface area contributed by atoms with Crippen molar-refractivity contribution in [1.82, 2.24) is 5.43 Å². The molecular weight excluding hydrogens is 442 g/mol. The Morgan fingerprint density at radius 2 is 1.74 bits per heavy atom. The van der Waals surface area contributed by atoms with Crippen LogP contribution in [0.1, 0.15) is 15.9 Å². The maximum atomic E-state index is 12.9. The van der Waals surface area contributed by atoms with E-state index in [1.54, 1.807) is 42.5 Å². The molecule has 3 aromatic carbocycles. The van der Waals surface area contributed by atoms with Crippen LogP contribution in [0.3, 0.4) is 0 Å². The Kier molecular flexibility index (Phi) is 6.04. The molecule has 0 bridgehead atoms. The molecule has 1 aliphatic heterocycles. The summed E-state index contributed by atoms with van der Waals surface area (Å²) >= 11 is 0. The van der Waals surface area contributed by atoms with Gasteiger partial charge in [-0.25, -0.2) is 9.80 Å². The maximum Gasteiger partial charge on any atom is 0.343 e. The van der Waals surface area contributed by atoms with Crippen molar-refractivity contribution in [3.8, 4) is 11.5 Å². The lowest BCUT2D eigenvalue weighted by Gasteiger charge is -2.14. The van der Waals surface area contributed by atoms with Crippen molar-refractivity contribution in [2.24, 2.45) is 0 Å². The number of para-hydroxylation sites is 1. The number of carbonyl (C=O) groups is 3. The summed E-state index contributed by atoms with van der Waals surface area (Å²) < 4.78 is 10.5. The molecule has 1 fully saturated rings. The normalized spacial score (nSPS) is 14.1. The van der Waals surface area contributed by atoms with Crippen molar-refractivity contribution >= 4 is 35.2 Å². The lowest BCUT2D eigenvalue weighted by Crippen LogP contribution is -2.35. The van der Waals surface area contributed by atoms with Gasteiger partial charge in [-0.2, -0.15) is 0 Å². The van der Waals surface area contributed by atoms with Gasteiger partial charge in [0.25, 0.3) is 17.5 Å². The zero-order valence-corrected chi connectivity index (χ0v) is 17.8. The molecule has 0 aromatic heterocycles. The predicted molar refractivity (Wildman–Crippen MR) is 121 cm³/mol. The molecule has 0 unspecified atom stereocenters. The molecule has 34 heavy (non-hydrogen) atoms. The van der Waals surface area contributed by atoms with E-state index in [0.29, 0.717) is 11.4 Å². The number of non-ortho nitro benzene ring substituents is 1. The van der Waals surface area contributed by atoms with E-state index in [1.807, 2.05) is 0 Å². The van der Waals surface area contributed by atoms with Crippen LogP contribution in [0.2, 0.25) is 0 Å². The van der Waals surface area contributed by atoms with Crippen LogP contribution >= 0.6 is 0 Å². The summed E-state index contributed by atoms with van der Waals surface area (Å²) in [5.41, 5.74) is 2.54. The lowest BCUT2D eigenvalue weighted by molar-refractivity contribution is -0.384. The van der Waals surface area contributed by atoms with Crippen LogP contribution in [0.25, 0.3) is 6.08 Å². The largest absolute Gasteiger partial charge is 0.497 e. The Labute approximate surface area is 193 Å². The number of amides is 2. The Morgan fingerprint density at radius 3 is 2.38 bits per heavy atom. The third kappa shape index (κ3) is 4.46. The summed E-state index contributed by atoms with van der Waals surface area (Å²) in [7, 11) is 1.49. The third-order valence-electron chi connectivity index (χ3n) is 4.94. The predicted octanol–water partition coefficient (Wildman–Crippen LogP) is 3.28. The first-order chi connectivity index (χ1) is 16.4. The number of nitrogens with one attached hydrogen (secondary N) is 1. The van der Waals surface area contributed by atoms with Gasteiger partial charge in [-0.05, 0) is 48.5 Å². The van der Waals surface area contributed by atoms with Gasteiger partial charge in [0.05, 0.1) is 23.3 Å². The molecule has 3 aromatic rings. The number of ether oxygens (including phenoxy) is 2. The zero-order valence-electron chi connectivity index (χ0n) is 17.8.